The minimum Gasteiger partial charge on any atom is -0.366 e. The van der Waals surface area contributed by atoms with Crippen LogP contribution in [0.25, 0.3) is 22.4 Å². The lowest BCUT2D eigenvalue weighted by Crippen LogP contribution is -2.54. The molecule has 0 amide bonds. The van der Waals surface area contributed by atoms with Gasteiger partial charge < -0.3 is 19.8 Å². The van der Waals surface area contributed by atoms with E-state index in [4.69, 9.17) is 16.3 Å². The molecule has 8 nitrogen and oxygen atoms in total. The van der Waals surface area contributed by atoms with Crippen molar-refractivity contribution in [3.8, 4) is 11.4 Å². The molecule has 1 aliphatic heterocycles. The molecule has 2 atom stereocenters. The van der Waals surface area contributed by atoms with E-state index in [-0.39, 0.29) is 37.6 Å². The second-order valence-electron chi connectivity index (χ2n) is 7.82. The quantitative estimate of drug-likeness (QED) is 0.470. The highest BCUT2D eigenvalue weighted by Crippen LogP contribution is 2.34. The number of nitrogens with zero attached hydrogens (tertiary/aromatic N) is 4. The predicted molar refractivity (Wildman–Crippen MR) is 117 cm³/mol. The number of anilines is 1. The summed E-state index contributed by atoms with van der Waals surface area (Å²) < 4.78 is 48.1. The van der Waals surface area contributed by atoms with Gasteiger partial charge in [0.2, 0.25) is 0 Å². The van der Waals surface area contributed by atoms with Gasteiger partial charge in [-0.2, -0.15) is 0 Å². The zero-order valence-electron chi connectivity index (χ0n) is 17.7. The molecule has 0 saturated carbocycles. The van der Waals surface area contributed by atoms with E-state index in [1.165, 1.54) is 13.3 Å². The van der Waals surface area contributed by atoms with Gasteiger partial charge >= 0.3 is 0 Å². The number of aldehydes is 1. The number of piperidine rings is 1. The lowest BCUT2D eigenvalue weighted by atomic mass is 9.97. The Morgan fingerprint density at radius 3 is 3.00 bits per heavy atom. The second-order valence-corrected chi connectivity index (χ2v) is 8.25. The SMILES string of the molecule is COC(CC=O)N1CCC(F)(F)CC1CNc1nc(-c2c[nH]c3ncc(Cl)cc23)ncc1F. The number of hydrogen-bond donors (Lipinski definition) is 2. The van der Waals surface area contributed by atoms with Gasteiger partial charge in [0.25, 0.3) is 5.92 Å². The predicted octanol–water partition coefficient (Wildman–Crippen LogP) is 3.89. The number of aromatic nitrogens is 4. The number of halogens is 4. The van der Waals surface area contributed by atoms with Crippen molar-refractivity contribution < 1.29 is 22.7 Å². The van der Waals surface area contributed by atoms with E-state index in [0.29, 0.717) is 27.9 Å². The monoisotopic (exact) mass is 482 g/mol. The lowest BCUT2D eigenvalue weighted by molar-refractivity contribution is -0.136. The number of aromatic amines is 1. The van der Waals surface area contributed by atoms with Gasteiger partial charge in [-0.15, -0.1) is 0 Å². The molecule has 2 N–H and O–H groups in total. The molecular formula is C21H22ClF3N6O2. The Hall–Kier alpha value is -2.76. The van der Waals surface area contributed by atoms with Crippen molar-refractivity contribution in [3.63, 3.8) is 0 Å². The van der Waals surface area contributed by atoms with Crippen molar-refractivity contribution in [2.45, 2.75) is 37.5 Å². The van der Waals surface area contributed by atoms with Crippen LogP contribution in [0.5, 0.6) is 0 Å². The molecule has 0 radical (unpaired) electrons. The number of likely N-dealkylation sites (tertiary alicyclic amines) is 1. The molecule has 3 aromatic rings. The van der Waals surface area contributed by atoms with E-state index in [1.54, 1.807) is 17.2 Å². The topological polar surface area (TPSA) is 96.0 Å². The van der Waals surface area contributed by atoms with Crippen LogP contribution in [0.4, 0.5) is 19.0 Å². The summed E-state index contributed by atoms with van der Waals surface area (Å²) in [6.07, 6.45) is 3.43. The summed E-state index contributed by atoms with van der Waals surface area (Å²) in [4.78, 5) is 28.2. The molecule has 4 rings (SSSR count). The first-order valence-corrected chi connectivity index (χ1v) is 10.7. The Morgan fingerprint density at radius 1 is 1.42 bits per heavy atom. The fourth-order valence-corrected chi connectivity index (χ4v) is 4.21. The van der Waals surface area contributed by atoms with Crippen molar-refractivity contribution in [2.24, 2.45) is 0 Å². The first-order chi connectivity index (χ1) is 15.8. The van der Waals surface area contributed by atoms with Crippen LogP contribution < -0.4 is 5.32 Å². The third kappa shape index (κ3) is 5.10. The van der Waals surface area contributed by atoms with Crippen LogP contribution in [0, 0.1) is 5.82 Å². The largest absolute Gasteiger partial charge is 0.366 e. The number of fused-ring (bicyclic) bond motifs is 1. The minimum atomic E-state index is -2.87. The van der Waals surface area contributed by atoms with Crippen LogP contribution in [0.2, 0.25) is 5.02 Å². The summed E-state index contributed by atoms with van der Waals surface area (Å²) in [6, 6.07) is 0.989. The van der Waals surface area contributed by atoms with Crippen LogP contribution in [0.3, 0.4) is 0 Å². The van der Waals surface area contributed by atoms with Gasteiger partial charge in [-0.1, -0.05) is 11.6 Å². The standard InChI is InChI=1S/C21H22ClF3N6O2/c1-33-17(2-5-32)31-4-3-21(24,25)7-13(31)9-27-20-16(23)11-29-19(30-20)15-10-28-18-14(15)6-12(22)8-26-18/h5-6,8,10-11,13,17H,2-4,7,9H2,1H3,(H,26,28)(H,27,29,30). The molecule has 2 unspecified atom stereocenters. The number of methoxy groups -OCH3 is 1. The second kappa shape index (κ2) is 9.62. The van der Waals surface area contributed by atoms with Crippen LogP contribution in [0.15, 0.2) is 24.7 Å². The van der Waals surface area contributed by atoms with Crippen molar-refractivity contribution in [3.05, 3.63) is 35.5 Å². The first kappa shape index (κ1) is 23.4. The zero-order chi connectivity index (χ0) is 23.6. The highest BCUT2D eigenvalue weighted by atomic mass is 35.5. The van der Waals surface area contributed by atoms with Crippen LogP contribution in [-0.2, 0) is 9.53 Å². The van der Waals surface area contributed by atoms with Crippen molar-refractivity contribution in [2.75, 3.05) is 25.5 Å². The van der Waals surface area contributed by atoms with Gasteiger partial charge in [-0.3, -0.25) is 4.90 Å². The van der Waals surface area contributed by atoms with Crippen LogP contribution in [-0.4, -0.2) is 69.5 Å². The number of carbonyl (C=O) groups is 1. The number of rotatable bonds is 8. The van der Waals surface area contributed by atoms with E-state index in [9.17, 15) is 18.0 Å². The third-order valence-electron chi connectivity index (χ3n) is 5.67. The highest BCUT2D eigenvalue weighted by molar-refractivity contribution is 6.31. The first-order valence-electron chi connectivity index (χ1n) is 10.3. The minimum absolute atomic E-state index is 0.0249. The maximum absolute atomic E-state index is 14.5. The van der Waals surface area contributed by atoms with E-state index >= 15 is 0 Å². The van der Waals surface area contributed by atoms with Gasteiger partial charge in [-0.25, -0.2) is 28.1 Å². The maximum atomic E-state index is 14.5. The molecule has 33 heavy (non-hydrogen) atoms. The Morgan fingerprint density at radius 2 is 2.24 bits per heavy atom. The molecule has 12 heteroatoms. The zero-order valence-corrected chi connectivity index (χ0v) is 18.5. The summed E-state index contributed by atoms with van der Waals surface area (Å²) in [5, 5.41) is 3.92. The van der Waals surface area contributed by atoms with E-state index in [1.807, 2.05) is 0 Å². The van der Waals surface area contributed by atoms with E-state index < -0.39 is 30.4 Å². The van der Waals surface area contributed by atoms with E-state index in [2.05, 4.69) is 25.3 Å². The van der Waals surface area contributed by atoms with E-state index in [0.717, 1.165) is 6.20 Å². The van der Waals surface area contributed by atoms with Gasteiger partial charge in [0.15, 0.2) is 17.5 Å². The number of alkyl halides is 2. The van der Waals surface area contributed by atoms with Crippen LogP contribution >= 0.6 is 11.6 Å². The molecule has 176 valence electrons. The number of H-pyrrole nitrogens is 1. The normalized spacial score (nSPS) is 19.5. The fraction of sp³-hybridized carbons (Fsp3) is 0.429. The van der Waals surface area contributed by atoms with Crippen molar-refractivity contribution >= 4 is 34.7 Å². The van der Waals surface area contributed by atoms with Crippen LogP contribution in [0.1, 0.15) is 19.3 Å². The molecule has 1 fully saturated rings. The summed E-state index contributed by atoms with van der Waals surface area (Å²) in [5.74, 6) is -3.49. The summed E-state index contributed by atoms with van der Waals surface area (Å²) >= 11 is 6.04. The highest BCUT2D eigenvalue weighted by Gasteiger charge is 2.42. The fourth-order valence-electron chi connectivity index (χ4n) is 4.06. The molecule has 0 aliphatic carbocycles. The molecular weight excluding hydrogens is 461 g/mol. The maximum Gasteiger partial charge on any atom is 0.250 e. The number of pyridine rings is 1. The number of ether oxygens (including phenoxy) is 1. The molecule has 1 aliphatic rings. The average molecular weight is 483 g/mol. The smallest absolute Gasteiger partial charge is 0.250 e. The van der Waals surface area contributed by atoms with Gasteiger partial charge in [-0.05, 0) is 6.07 Å². The summed E-state index contributed by atoms with van der Waals surface area (Å²) in [6.45, 7) is 0.0231. The van der Waals surface area contributed by atoms with Gasteiger partial charge in [0.05, 0.1) is 11.2 Å². The number of hydrogen-bond acceptors (Lipinski definition) is 7. The molecule has 0 spiro atoms. The molecule has 4 heterocycles. The number of carbonyl (C=O) groups excluding carboxylic acids is 1. The summed E-state index contributed by atoms with van der Waals surface area (Å²) in [5.41, 5.74) is 1.14. The molecule has 1 saturated heterocycles. The van der Waals surface area contributed by atoms with Crippen molar-refractivity contribution in [1.29, 1.82) is 0 Å². The molecule has 0 aromatic carbocycles. The van der Waals surface area contributed by atoms with Gasteiger partial charge in [0.1, 0.15) is 18.2 Å². The van der Waals surface area contributed by atoms with Gasteiger partial charge in [0, 0.05) is 68.8 Å². The summed E-state index contributed by atoms with van der Waals surface area (Å²) in [7, 11) is 1.42. The molecule has 0 bridgehead atoms. The Kier molecular flexibility index (Phi) is 6.82. The van der Waals surface area contributed by atoms with Crippen molar-refractivity contribution in [1.82, 2.24) is 24.8 Å². The average Bonchev–Trinajstić information content (AvgIpc) is 3.20. The Balaban J connectivity index is 1.57. The Bertz CT molecular complexity index is 1140. The Labute approximate surface area is 192 Å². The lowest BCUT2D eigenvalue weighted by Gasteiger charge is -2.42. The molecule has 3 aromatic heterocycles. The number of nitrogens with one attached hydrogen (secondary N) is 2. The third-order valence-corrected chi connectivity index (χ3v) is 5.87.